The lowest BCUT2D eigenvalue weighted by atomic mass is 10.2. The maximum Gasteiger partial charge on any atom is 0.232 e. The van der Waals surface area contributed by atoms with Gasteiger partial charge in [-0.2, -0.15) is 0 Å². The lowest BCUT2D eigenvalue weighted by molar-refractivity contribution is -0.121. The van der Waals surface area contributed by atoms with E-state index in [0.717, 1.165) is 11.8 Å². The number of hydrogen-bond donors (Lipinski definition) is 1. The van der Waals surface area contributed by atoms with Gasteiger partial charge < -0.3 is 14.8 Å². The Bertz CT molecular complexity index is 947. The van der Waals surface area contributed by atoms with Gasteiger partial charge in [-0.3, -0.25) is 9.10 Å². The fraction of sp³-hybridized carbons (Fsp3) is 0.316. The van der Waals surface area contributed by atoms with Crippen LogP contribution >= 0.6 is 11.6 Å². The van der Waals surface area contributed by atoms with Crippen LogP contribution in [0.25, 0.3) is 0 Å². The van der Waals surface area contributed by atoms with Gasteiger partial charge in [-0.15, -0.1) is 0 Å². The number of amides is 1. The van der Waals surface area contributed by atoms with Crippen molar-refractivity contribution < 1.29 is 22.7 Å². The summed E-state index contributed by atoms with van der Waals surface area (Å²) in [7, 11) is -3.46. The number of sulfonamides is 1. The second kappa shape index (κ2) is 8.70. The first kappa shape index (κ1) is 20.3. The molecule has 0 fully saturated rings. The SMILES string of the molecule is CS(=O)(=O)N(CCCC(=O)NCc1ccc2c(c1)OCO2)c1ccc(Cl)cc1. The maximum absolute atomic E-state index is 12.1. The molecule has 0 radical (unpaired) electrons. The Hall–Kier alpha value is -2.45. The van der Waals surface area contributed by atoms with E-state index in [2.05, 4.69) is 5.32 Å². The van der Waals surface area contributed by atoms with Gasteiger partial charge in [0.1, 0.15) is 0 Å². The van der Waals surface area contributed by atoms with E-state index >= 15 is 0 Å². The molecule has 1 aliphatic rings. The minimum absolute atomic E-state index is 0.151. The number of hydrogen-bond acceptors (Lipinski definition) is 5. The zero-order valence-electron chi connectivity index (χ0n) is 15.4. The fourth-order valence-electron chi connectivity index (χ4n) is 2.82. The molecule has 1 amide bonds. The standard InChI is InChI=1S/C19H21ClN2O5S/c1-28(24,25)22(16-7-5-15(20)6-8-16)10-2-3-19(23)21-12-14-4-9-17-18(11-14)27-13-26-17/h4-9,11H,2-3,10,12-13H2,1H3,(H,21,23). The molecule has 0 spiro atoms. The first-order valence-electron chi connectivity index (χ1n) is 8.71. The molecule has 28 heavy (non-hydrogen) atoms. The van der Waals surface area contributed by atoms with Crippen molar-refractivity contribution in [3.8, 4) is 11.5 Å². The quantitative estimate of drug-likeness (QED) is 0.704. The number of rotatable bonds is 8. The molecule has 1 heterocycles. The highest BCUT2D eigenvalue weighted by molar-refractivity contribution is 7.92. The van der Waals surface area contributed by atoms with Gasteiger partial charge in [-0.05, 0) is 48.4 Å². The van der Waals surface area contributed by atoms with Gasteiger partial charge >= 0.3 is 0 Å². The highest BCUT2D eigenvalue weighted by atomic mass is 35.5. The monoisotopic (exact) mass is 424 g/mol. The Morgan fingerprint density at radius 1 is 1.14 bits per heavy atom. The van der Waals surface area contributed by atoms with Gasteiger partial charge in [0, 0.05) is 24.5 Å². The van der Waals surface area contributed by atoms with Gasteiger partial charge in [0.15, 0.2) is 11.5 Å². The van der Waals surface area contributed by atoms with Crippen LogP contribution < -0.4 is 19.1 Å². The van der Waals surface area contributed by atoms with Crippen LogP contribution in [-0.2, 0) is 21.4 Å². The van der Waals surface area contributed by atoms with E-state index in [1.165, 1.54) is 4.31 Å². The van der Waals surface area contributed by atoms with Crippen LogP contribution in [0.2, 0.25) is 5.02 Å². The van der Waals surface area contributed by atoms with Crippen molar-refractivity contribution in [2.45, 2.75) is 19.4 Å². The number of ether oxygens (including phenoxy) is 2. The average Bonchev–Trinajstić information content (AvgIpc) is 3.11. The molecule has 0 unspecified atom stereocenters. The zero-order chi connectivity index (χ0) is 20.1. The molecule has 1 N–H and O–H groups in total. The van der Waals surface area contributed by atoms with Crippen molar-refractivity contribution in [2.24, 2.45) is 0 Å². The molecule has 2 aromatic rings. The van der Waals surface area contributed by atoms with E-state index in [1.807, 2.05) is 12.1 Å². The number of carbonyl (C=O) groups is 1. The molecule has 2 aromatic carbocycles. The molecular weight excluding hydrogens is 404 g/mol. The van der Waals surface area contributed by atoms with Crippen LogP contribution in [-0.4, -0.2) is 33.9 Å². The minimum Gasteiger partial charge on any atom is -0.454 e. The summed E-state index contributed by atoms with van der Waals surface area (Å²) in [5, 5.41) is 3.36. The molecule has 9 heteroatoms. The summed E-state index contributed by atoms with van der Waals surface area (Å²) in [4.78, 5) is 12.1. The van der Waals surface area contributed by atoms with Crippen LogP contribution in [0.15, 0.2) is 42.5 Å². The highest BCUT2D eigenvalue weighted by Crippen LogP contribution is 2.32. The molecule has 0 aliphatic carbocycles. The van der Waals surface area contributed by atoms with Crippen LogP contribution in [0, 0.1) is 0 Å². The molecule has 0 aromatic heterocycles. The molecule has 0 saturated carbocycles. The van der Waals surface area contributed by atoms with Crippen LogP contribution in [0.3, 0.4) is 0 Å². The predicted molar refractivity (Wildman–Crippen MR) is 107 cm³/mol. The molecule has 0 saturated heterocycles. The topological polar surface area (TPSA) is 84.9 Å². The number of anilines is 1. The summed E-state index contributed by atoms with van der Waals surface area (Å²) < 4.78 is 36.0. The van der Waals surface area contributed by atoms with Crippen LogP contribution in [0.4, 0.5) is 5.69 Å². The molecular formula is C19H21ClN2O5S. The third-order valence-electron chi connectivity index (χ3n) is 4.21. The first-order valence-corrected chi connectivity index (χ1v) is 10.9. The molecule has 0 bridgehead atoms. The Labute approximate surface area is 169 Å². The summed E-state index contributed by atoms with van der Waals surface area (Å²) in [5.74, 6) is 1.21. The summed E-state index contributed by atoms with van der Waals surface area (Å²) in [5.41, 5.74) is 1.42. The smallest absolute Gasteiger partial charge is 0.232 e. The minimum atomic E-state index is -3.46. The Morgan fingerprint density at radius 3 is 2.57 bits per heavy atom. The van der Waals surface area contributed by atoms with Crippen molar-refractivity contribution in [1.82, 2.24) is 5.32 Å². The highest BCUT2D eigenvalue weighted by Gasteiger charge is 2.18. The van der Waals surface area contributed by atoms with Crippen molar-refractivity contribution in [3.05, 3.63) is 53.1 Å². The van der Waals surface area contributed by atoms with Gasteiger partial charge in [-0.25, -0.2) is 8.42 Å². The Balaban J connectivity index is 1.49. The lowest BCUT2D eigenvalue weighted by Gasteiger charge is -2.22. The van der Waals surface area contributed by atoms with Crippen molar-refractivity contribution in [3.63, 3.8) is 0 Å². The summed E-state index contributed by atoms with van der Waals surface area (Å²) in [6, 6.07) is 12.0. The zero-order valence-corrected chi connectivity index (χ0v) is 16.9. The van der Waals surface area contributed by atoms with E-state index in [0.29, 0.717) is 35.2 Å². The van der Waals surface area contributed by atoms with E-state index in [4.69, 9.17) is 21.1 Å². The average molecular weight is 425 g/mol. The van der Waals surface area contributed by atoms with Crippen molar-refractivity contribution >= 4 is 33.2 Å². The third-order valence-corrected chi connectivity index (χ3v) is 5.65. The van der Waals surface area contributed by atoms with Crippen LogP contribution in [0.1, 0.15) is 18.4 Å². The molecule has 1 aliphatic heterocycles. The number of benzene rings is 2. The maximum atomic E-state index is 12.1. The third kappa shape index (κ3) is 5.30. The Kier molecular flexibility index (Phi) is 6.31. The number of fused-ring (bicyclic) bond motifs is 1. The van der Waals surface area contributed by atoms with Gasteiger partial charge in [0.2, 0.25) is 22.7 Å². The number of halogens is 1. The molecule has 150 valence electrons. The second-order valence-electron chi connectivity index (χ2n) is 6.38. The predicted octanol–water partition coefficient (Wildman–Crippen LogP) is 2.93. The lowest BCUT2D eigenvalue weighted by Crippen LogP contribution is -2.32. The van der Waals surface area contributed by atoms with E-state index < -0.39 is 10.0 Å². The molecule has 3 rings (SSSR count). The molecule has 0 atom stereocenters. The number of nitrogens with zero attached hydrogens (tertiary/aromatic N) is 1. The fourth-order valence-corrected chi connectivity index (χ4v) is 3.91. The number of nitrogens with one attached hydrogen (secondary N) is 1. The summed E-state index contributed by atoms with van der Waals surface area (Å²) in [6.07, 6.45) is 1.74. The van der Waals surface area contributed by atoms with Gasteiger partial charge in [-0.1, -0.05) is 17.7 Å². The second-order valence-corrected chi connectivity index (χ2v) is 8.72. The normalized spacial score (nSPS) is 12.6. The van der Waals surface area contributed by atoms with Gasteiger partial charge in [0.05, 0.1) is 11.9 Å². The Morgan fingerprint density at radius 2 is 1.86 bits per heavy atom. The summed E-state index contributed by atoms with van der Waals surface area (Å²) in [6.45, 7) is 0.774. The van der Waals surface area contributed by atoms with Crippen molar-refractivity contribution in [1.29, 1.82) is 0 Å². The van der Waals surface area contributed by atoms with E-state index in [-0.39, 0.29) is 25.7 Å². The van der Waals surface area contributed by atoms with Crippen LogP contribution in [0.5, 0.6) is 11.5 Å². The molecule has 7 nitrogen and oxygen atoms in total. The first-order chi connectivity index (χ1) is 13.3. The van der Waals surface area contributed by atoms with E-state index in [1.54, 1.807) is 30.3 Å². The number of carbonyl (C=O) groups excluding carboxylic acids is 1. The largest absolute Gasteiger partial charge is 0.454 e. The summed E-state index contributed by atoms with van der Waals surface area (Å²) >= 11 is 5.86. The van der Waals surface area contributed by atoms with Crippen molar-refractivity contribution in [2.75, 3.05) is 23.9 Å². The van der Waals surface area contributed by atoms with E-state index in [9.17, 15) is 13.2 Å². The van der Waals surface area contributed by atoms with Gasteiger partial charge in [0.25, 0.3) is 0 Å².